The van der Waals surface area contributed by atoms with E-state index in [0.29, 0.717) is 34.3 Å². The number of anilines is 1. The zero-order chi connectivity index (χ0) is 24.7. The minimum atomic E-state index is -0.610. The Labute approximate surface area is 201 Å². The summed E-state index contributed by atoms with van der Waals surface area (Å²) in [5.41, 5.74) is 1.89. The summed E-state index contributed by atoms with van der Waals surface area (Å²) in [7, 11) is 1.60. The number of nitrogens with zero attached hydrogens (tertiary/aromatic N) is 2. The Balaban J connectivity index is 1.60. The van der Waals surface area contributed by atoms with Gasteiger partial charge in [0.15, 0.2) is 5.17 Å². The van der Waals surface area contributed by atoms with Gasteiger partial charge in [0.05, 0.1) is 30.0 Å². The van der Waals surface area contributed by atoms with Gasteiger partial charge in [-0.15, -0.1) is 0 Å². The van der Waals surface area contributed by atoms with Crippen LogP contribution in [0, 0.1) is 0 Å². The van der Waals surface area contributed by atoms with E-state index in [1.54, 1.807) is 69.4 Å². The van der Waals surface area contributed by atoms with Crippen LogP contribution in [0.1, 0.15) is 41.0 Å². The lowest BCUT2D eigenvalue weighted by Gasteiger charge is -2.10. The van der Waals surface area contributed by atoms with Crippen LogP contribution in [0.3, 0.4) is 0 Å². The van der Waals surface area contributed by atoms with Gasteiger partial charge in [-0.3, -0.25) is 14.5 Å². The number of aliphatic imine (C=N–C) groups is 1. The van der Waals surface area contributed by atoms with Gasteiger partial charge in [0, 0.05) is 19.2 Å². The SMILES string of the molecule is CCOC(=O)c1ccc(N=C2SC(CC(=O)Nc3ccc(C(=O)OCC)cc3)C(=O)N2C)cc1. The van der Waals surface area contributed by atoms with Crippen molar-refractivity contribution < 1.29 is 28.7 Å². The predicted octanol–water partition coefficient (Wildman–Crippen LogP) is 3.63. The summed E-state index contributed by atoms with van der Waals surface area (Å²) in [4.78, 5) is 54.5. The molecule has 1 fully saturated rings. The quantitative estimate of drug-likeness (QED) is 0.570. The molecular formula is C24H25N3O6S. The number of ether oxygens (including phenoxy) is 2. The molecule has 10 heteroatoms. The van der Waals surface area contributed by atoms with Crippen LogP contribution in [0.5, 0.6) is 0 Å². The van der Waals surface area contributed by atoms with E-state index < -0.39 is 17.2 Å². The standard InChI is InChI=1S/C24H25N3O6S/c1-4-32-22(30)15-6-10-17(11-7-15)25-20(28)14-19-21(29)27(3)24(34-19)26-18-12-8-16(9-13-18)23(31)33-5-2/h6-13,19H,4-5,14H2,1-3H3,(H,25,28). The molecule has 1 aliphatic rings. The van der Waals surface area contributed by atoms with Gasteiger partial charge in [0.2, 0.25) is 11.8 Å². The lowest BCUT2D eigenvalue weighted by Crippen LogP contribution is -2.30. The average Bonchev–Trinajstić information content (AvgIpc) is 3.08. The van der Waals surface area contributed by atoms with Crippen LogP contribution in [0.15, 0.2) is 53.5 Å². The van der Waals surface area contributed by atoms with Crippen molar-refractivity contribution in [1.29, 1.82) is 0 Å². The lowest BCUT2D eigenvalue weighted by molar-refractivity contribution is -0.127. The van der Waals surface area contributed by atoms with Crippen molar-refractivity contribution in [1.82, 2.24) is 4.90 Å². The van der Waals surface area contributed by atoms with Gasteiger partial charge in [-0.25, -0.2) is 14.6 Å². The first-order chi connectivity index (χ1) is 16.3. The summed E-state index contributed by atoms with van der Waals surface area (Å²) in [5.74, 6) is -1.40. The molecule has 3 rings (SSSR count). The van der Waals surface area contributed by atoms with Crippen molar-refractivity contribution in [3.63, 3.8) is 0 Å². The number of amidine groups is 1. The van der Waals surface area contributed by atoms with Crippen LogP contribution in [-0.4, -0.2) is 59.3 Å². The van der Waals surface area contributed by atoms with E-state index >= 15 is 0 Å². The fourth-order valence-electron chi connectivity index (χ4n) is 3.08. The highest BCUT2D eigenvalue weighted by atomic mass is 32.2. The number of carbonyl (C=O) groups excluding carboxylic acids is 4. The molecule has 178 valence electrons. The summed E-state index contributed by atoms with van der Waals surface area (Å²) in [6.07, 6.45) is -0.0334. The molecule has 0 radical (unpaired) electrons. The number of hydrogen-bond acceptors (Lipinski definition) is 8. The van der Waals surface area contributed by atoms with Crippen molar-refractivity contribution in [2.24, 2.45) is 4.99 Å². The number of thioether (sulfide) groups is 1. The highest BCUT2D eigenvalue weighted by molar-refractivity contribution is 8.15. The molecule has 34 heavy (non-hydrogen) atoms. The van der Waals surface area contributed by atoms with Crippen LogP contribution >= 0.6 is 11.8 Å². The largest absolute Gasteiger partial charge is 0.462 e. The number of carbonyl (C=O) groups is 4. The van der Waals surface area contributed by atoms with Gasteiger partial charge in [-0.05, 0) is 62.4 Å². The molecule has 1 saturated heterocycles. The molecule has 0 bridgehead atoms. The Morgan fingerprint density at radius 3 is 2.00 bits per heavy atom. The summed E-state index contributed by atoms with van der Waals surface area (Å²) >= 11 is 1.20. The van der Waals surface area contributed by atoms with E-state index in [4.69, 9.17) is 9.47 Å². The van der Waals surface area contributed by atoms with Crippen LogP contribution < -0.4 is 5.32 Å². The molecule has 0 spiro atoms. The van der Waals surface area contributed by atoms with Gasteiger partial charge in [0.25, 0.3) is 0 Å². The molecule has 2 aromatic carbocycles. The van der Waals surface area contributed by atoms with Gasteiger partial charge >= 0.3 is 11.9 Å². The van der Waals surface area contributed by atoms with E-state index in [2.05, 4.69) is 10.3 Å². The Morgan fingerprint density at radius 2 is 1.47 bits per heavy atom. The molecule has 0 aliphatic carbocycles. The van der Waals surface area contributed by atoms with Gasteiger partial charge < -0.3 is 14.8 Å². The highest BCUT2D eigenvalue weighted by Gasteiger charge is 2.37. The van der Waals surface area contributed by atoms with Crippen LogP contribution in [0.2, 0.25) is 0 Å². The third-order valence-corrected chi connectivity index (χ3v) is 6.02. The maximum atomic E-state index is 12.6. The Hall–Kier alpha value is -3.66. The minimum absolute atomic E-state index is 0.0334. The van der Waals surface area contributed by atoms with Crippen molar-refractivity contribution in [2.75, 3.05) is 25.6 Å². The zero-order valence-corrected chi connectivity index (χ0v) is 19.9. The molecule has 0 aromatic heterocycles. The topological polar surface area (TPSA) is 114 Å². The second-order valence-corrected chi connectivity index (χ2v) is 8.39. The normalized spacial score (nSPS) is 16.4. The van der Waals surface area contributed by atoms with E-state index in [-0.39, 0.29) is 24.8 Å². The van der Waals surface area contributed by atoms with Gasteiger partial charge in [-0.2, -0.15) is 0 Å². The Morgan fingerprint density at radius 1 is 0.941 bits per heavy atom. The fourth-order valence-corrected chi connectivity index (χ4v) is 4.23. The van der Waals surface area contributed by atoms with Crippen molar-refractivity contribution in [3.05, 3.63) is 59.7 Å². The first-order valence-corrected chi connectivity index (χ1v) is 11.6. The van der Waals surface area contributed by atoms with Gasteiger partial charge in [-0.1, -0.05) is 11.8 Å². The van der Waals surface area contributed by atoms with Crippen LogP contribution in [0.25, 0.3) is 0 Å². The molecule has 1 unspecified atom stereocenters. The summed E-state index contributed by atoms with van der Waals surface area (Å²) in [6.45, 7) is 4.04. The monoisotopic (exact) mass is 483 g/mol. The minimum Gasteiger partial charge on any atom is -0.462 e. The first-order valence-electron chi connectivity index (χ1n) is 10.7. The maximum absolute atomic E-state index is 12.6. The number of esters is 2. The molecule has 1 N–H and O–H groups in total. The third-order valence-electron chi connectivity index (χ3n) is 4.79. The Bertz CT molecular complexity index is 1100. The molecule has 9 nitrogen and oxygen atoms in total. The summed E-state index contributed by atoms with van der Waals surface area (Å²) in [5, 5.41) is 2.59. The second kappa shape index (κ2) is 11.5. The average molecular weight is 484 g/mol. The van der Waals surface area contributed by atoms with Crippen LogP contribution in [-0.2, 0) is 19.1 Å². The van der Waals surface area contributed by atoms with Crippen molar-refractivity contribution in [2.45, 2.75) is 25.5 Å². The maximum Gasteiger partial charge on any atom is 0.338 e. The van der Waals surface area contributed by atoms with E-state index in [9.17, 15) is 19.2 Å². The Kier molecular flexibility index (Phi) is 8.42. The number of amides is 2. The number of nitrogens with one attached hydrogen (secondary N) is 1. The molecular weight excluding hydrogens is 458 g/mol. The molecule has 0 saturated carbocycles. The number of benzene rings is 2. The van der Waals surface area contributed by atoms with E-state index in [1.165, 1.54) is 16.7 Å². The predicted molar refractivity (Wildman–Crippen MR) is 129 cm³/mol. The van der Waals surface area contributed by atoms with Crippen molar-refractivity contribution in [3.8, 4) is 0 Å². The lowest BCUT2D eigenvalue weighted by atomic mass is 10.2. The summed E-state index contributed by atoms with van der Waals surface area (Å²) in [6, 6.07) is 12.9. The molecule has 2 amide bonds. The van der Waals surface area contributed by atoms with Gasteiger partial charge in [0.1, 0.15) is 5.25 Å². The highest BCUT2D eigenvalue weighted by Crippen LogP contribution is 2.31. The van der Waals surface area contributed by atoms with E-state index in [1.807, 2.05) is 0 Å². The number of rotatable bonds is 8. The van der Waals surface area contributed by atoms with Crippen molar-refractivity contribution >= 4 is 52.1 Å². The second-order valence-electron chi connectivity index (χ2n) is 7.22. The first kappa shape index (κ1) is 25.0. The molecule has 2 aromatic rings. The van der Waals surface area contributed by atoms with E-state index in [0.717, 1.165) is 0 Å². The number of hydrogen-bond donors (Lipinski definition) is 1. The fraction of sp³-hybridized carbons (Fsp3) is 0.292. The smallest absolute Gasteiger partial charge is 0.338 e. The summed E-state index contributed by atoms with van der Waals surface area (Å²) < 4.78 is 9.90. The molecule has 1 atom stereocenters. The molecule has 1 heterocycles. The van der Waals surface area contributed by atoms with Crippen LogP contribution in [0.4, 0.5) is 11.4 Å². The molecule has 1 aliphatic heterocycles. The zero-order valence-electron chi connectivity index (χ0n) is 19.1. The third kappa shape index (κ3) is 6.22.